The van der Waals surface area contributed by atoms with Crippen LogP contribution in [-0.4, -0.2) is 32.8 Å². The average Bonchev–Trinajstić information content (AvgIpc) is 3.22. The SMILES string of the molecule is COC(=O)c1cccc(CSc2nnc(-c3cccnc3)n2-c2cccc(Cl)c2)c1. The molecule has 0 amide bonds. The van der Waals surface area contributed by atoms with E-state index in [1.807, 2.05) is 59.2 Å². The van der Waals surface area contributed by atoms with Crippen molar-refractivity contribution >= 4 is 29.3 Å². The van der Waals surface area contributed by atoms with Gasteiger partial charge in [-0.05, 0) is 48.0 Å². The number of esters is 1. The van der Waals surface area contributed by atoms with Crippen LogP contribution in [0.2, 0.25) is 5.02 Å². The monoisotopic (exact) mass is 436 g/mol. The second-order valence-electron chi connectivity index (χ2n) is 6.34. The van der Waals surface area contributed by atoms with Gasteiger partial charge in [-0.3, -0.25) is 9.55 Å². The molecular formula is C22H17ClN4O2S. The Hall–Kier alpha value is -3.16. The van der Waals surface area contributed by atoms with Crippen molar-refractivity contribution in [1.29, 1.82) is 0 Å². The van der Waals surface area contributed by atoms with E-state index in [2.05, 4.69) is 15.2 Å². The summed E-state index contributed by atoms with van der Waals surface area (Å²) in [6.45, 7) is 0. The smallest absolute Gasteiger partial charge is 0.337 e. The number of carbonyl (C=O) groups is 1. The topological polar surface area (TPSA) is 69.9 Å². The van der Waals surface area contributed by atoms with Gasteiger partial charge in [0.1, 0.15) is 0 Å². The first-order valence-corrected chi connectivity index (χ1v) is 10.4. The highest BCUT2D eigenvalue weighted by molar-refractivity contribution is 7.98. The number of methoxy groups -OCH3 is 1. The molecule has 6 nitrogen and oxygen atoms in total. The molecule has 0 saturated heterocycles. The van der Waals surface area contributed by atoms with Crippen LogP contribution in [0.3, 0.4) is 0 Å². The Morgan fingerprint density at radius 1 is 1.10 bits per heavy atom. The van der Waals surface area contributed by atoms with Gasteiger partial charge < -0.3 is 4.74 Å². The van der Waals surface area contributed by atoms with Crippen LogP contribution < -0.4 is 0 Å². The van der Waals surface area contributed by atoms with Crippen molar-refractivity contribution in [3.05, 3.63) is 89.2 Å². The molecule has 0 atom stereocenters. The molecule has 0 spiro atoms. The number of benzene rings is 2. The molecule has 0 saturated carbocycles. The van der Waals surface area contributed by atoms with Crippen molar-refractivity contribution in [3.63, 3.8) is 0 Å². The molecule has 0 N–H and O–H groups in total. The summed E-state index contributed by atoms with van der Waals surface area (Å²) in [5.41, 5.74) is 3.20. The van der Waals surface area contributed by atoms with Gasteiger partial charge in [-0.2, -0.15) is 0 Å². The third-order valence-electron chi connectivity index (χ3n) is 4.34. The van der Waals surface area contributed by atoms with Crippen molar-refractivity contribution in [2.75, 3.05) is 7.11 Å². The fourth-order valence-electron chi connectivity index (χ4n) is 2.95. The van der Waals surface area contributed by atoms with Crippen molar-refractivity contribution in [3.8, 4) is 17.1 Å². The Morgan fingerprint density at radius 3 is 2.73 bits per heavy atom. The number of halogens is 1. The Kier molecular flexibility index (Phi) is 6.11. The molecule has 8 heteroatoms. The Labute approximate surface area is 182 Å². The zero-order chi connectivity index (χ0) is 20.9. The lowest BCUT2D eigenvalue weighted by Crippen LogP contribution is -2.02. The number of ether oxygens (including phenoxy) is 1. The van der Waals surface area contributed by atoms with Crippen LogP contribution >= 0.6 is 23.4 Å². The van der Waals surface area contributed by atoms with Gasteiger partial charge >= 0.3 is 5.97 Å². The Balaban J connectivity index is 1.69. The van der Waals surface area contributed by atoms with Crippen molar-refractivity contribution < 1.29 is 9.53 Å². The van der Waals surface area contributed by atoms with E-state index in [4.69, 9.17) is 16.3 Å². The van der Waals surface area contributed by atoms with Crippen molar-refractivity contribution in [2.24, 2.45) is 0 Å². The van der Waals surface area contributed by atoms with Crippen LogP contribution in [0.15, 0.2) is 78.2 Å². The van der Waals surface area contributed by atoms with Crippen LogP contribution in [0.5, 0.6) is 0 Å². The quantitative estimate of drug-likeness (QED) is 0.311. The molecule has 0 fully saturated rings. The summed E-state index contributed by atoms with van der Waals surface area (Å²) in [6.07, 6.45) is 3.47. The summed E-state index contributed by atoms with van der Waals surface area (Å²) in [6, 6.07) is 18.7. The van der Waals surface area contributed by atoms with E-state index < -0.39 is 0 Å². The summed E-state index contributed by atoms with van der Waals surface area (Å²) in [7, 11) is 1.37. The summed E-state index contributed by atoms with van der Waals surface area (Å²) in [5.74, 6) is 0.926. The zero-order valence-corrected chi connectivity index (χ0v) is 17.6. The number of aromatic nitrogens is 4. The number of rotatable bonds is 6. The van der Waals surface area contributed by atoms with Gasteiger partial charge in [-0.25, -0.2) is 4.79 Å². The molecule has 30 heavy (non-hydrogen) atoms. The van der Waals surface area contributed by atoms with Crippen molar-refractivity contribution in [1.82, 2.24) is 19.7 Å². The largest absolute Gasteiger partial charge is 0.465 e. The lowest BCUT2D eigenvalue weighted by Gasteiger charge is -2.11. The minimum absolute atomic E-state index is 0.359. The first kappa shape index (κ1) is 20.1. The molecule has 2 heterocycles. The number of hydrogen-bond donors (Lipinski definition) is 0. The molecule has 0 unspecified atom stereocenters. The molecule has 2 aromatic heterocycles. The fraction of sp³-hybridized carbons (Fsp3) is 0.0909. The zero-order valence-electron chi connectivity index (χ0n) is 16.0. The molecule has 4 rings (SSSR count). The second-order valence-corrected chi connectivity index (χ2v) is 7.72. The molecule has 0 aliphatic heterocycles. The lowest BCUT2D eigenvalue weighted by molar-refractivity contribution is 0.0600. The van der Waals surface area contributed by atoms with E-state index in [-0.39, 0.29) is 5.97 Å². The highest BCUT2D eigenvalue weighted by Gasteiger charge is 2.17. The maximum Gasteiger partial charge on any atom is 0.337 e. The van der Waals surface area contributed by atoms with Gasteiger partial charge in [0.15, 0.2) is 11.0 Å². The maximum atomic E-state index is 11.8. The number of hydrogen-bond acceptors (Lipinski definition) is 6. The molecule has 0 radical (unpaired) electrons. The number of pyridine rings is 1. The standard InChI is InChI=1S/C22H17ClN4O2S/c1-29-21(28)16-6-2-5-15(11-16)14-30-22-26-25-20(17-7-4-10-24-13-17)27(22)19-9-3-8-18(23)12-19/h2-13H,14H2,1H3. The molecule has 150 valence electrons. The van der Waals surface area contributed by atoms with Crippen LogP contribution in [0, 0.1) is 0 Å². The van der Waals surface area contributed by atoms with E-state index in [0.29, 0.717) is 27.3 Å². The second kappa shape index (κ2) is 9.11. The Bertz CT molecular complexity index is 1180. The summed E-state index contributed by atoms with van der Waals surface area (Å²) in [5, 5.41) is 10.1. The van der Waals surface area contributed by atoms with Gasteiger partial charge in [-0.1, -0.05) is 41.6 Å². The lowest BCUT2D eigenvalue weighted by atomic mass is 10.1. The highest BCUT2D eigenvalue weighted by Crippen LogP contribution is 2.30. The third-order valence-corrected chi connectivity index (χ3v) is 5.57. The average molecular weight is 437 g/mol. The fourth-order valence-corrected chi connectivity index (χ4v) is 4.03. The van der Waals surface area contributed by atoms with Crippen LogP contribution in [-0.2, 0) is 10.5 Å². The van der Waals surface area contributed by atoms with Crippen LogP contribution in [0.25, 0.3) is 17.1 Å². The molecule has 2 aromatic carbocycles. The third kappa shape index (κ3) is 4.37. The van der Waals surface area contributed by atoms with E-state index >= 15 is 0 Å². The molecule has 0 aliphatic carbocycles. The van der Waals surface area contributed by atoms with Crippen molar-refractivity contribution in [2.45, 2.75) is 10.9 Å². The van der Waals surface area contributed by atoms with Gasteiger partial charge in [0.05, 0.1) is 18.4 Å². The van der Waals surface area contributed by atoms with E-state index in [9.17, 15) is 4.79 Å². The predicted molar refractivity (Wildman–Crippen MR) is 117 cm³/mol. The van der Waals surface area contributed by atoms with Gasteiger partial charge in [-0.15, -0.1) is 10.2 Å². The molecule has 4 aromatic rings. The minimum atomic E-state index is -0.359. The Morgan fingerprint density at radius 2 is 1.97 bits per heavy atom. The molecular weight excluding hydrogens is 420 g/mol. The van der Waals surface area contributed by atoms with E-state index in [1.165, 1.54) is 18.9 Å². The normalized spacial score (nSPS) is 10.7. The van der Waals surface area contributed by atoms with Crippen LogP contribution in [0.4, 0.5) is 0 Å². The van der Waals surface area contributed by atoms with Gasteiger partial charge in [0.2, 0.25) is 0 Å². The maximum absolute atomic E-state index is 11.8. The number of carbonyl (C=O) groups excluding carboxylic acids is 1. The number of nitrogens with zero attached hydrogens (tertiary/aromatic N) is 4. The first-order valence-electron chi connectivity index (χ1n) is 9.07. The summed E-state index contributed by atoms with van der Waals surface area (Å²) in [4.78, 5) is 16.0. The predicted octanol–water partition coefficient (Wildman–Crippen LogP) is 5.06. The molecule has 0 aliphatic rings. The van der Waals surface area contributed by atoms with E-state index in [1.54, 1.807) is 18.5 Å². The van der Waals surface area contributed by atoms with Gasteiger partial charge in [0.25, 0.3) is 0 Å². The minimum Gasteiger partial charge on any atom is -0.465 e. The van der Waals surface area contributed by atoms with Crippen LogP contribution in [0.1, 0.15) is 15.9 Å². The summed E-state index contributed by atoms with van der Waals surface area (Å²) < 4.78 is 6.76. The summed E-state index contributed by atoms with van der Waals surface area (Å²) >= 11 is 7.75. The number of thioether (sulfide) groups is 1. The first-order chi connectivity index (χ1) is 14.7. The highest BCUT2D eigenvalue weighted by atomic mass is 35.5. The molecule has 0 bridgehead atoms. The van der Waals surface area contributed by atoms with Gasteiger partial charge in [0, 0.05) is 28.7 Å². The van der Waals surface area contributed by atoms with E-state index in [0.717, 1.165) is 16.8 Å².